The van der Waals surface area contributed by atoms with Gasteiger partial charge in [-0.2, -0.15) is 5.10 Å². The van der Waals surface area contributed by atoms with Gasteiger partial charge in [0.25, 0.3) is 5.56 Å². The van der Waals surface area contributed by atoms with E-state index < -0.39 is 0 Å². The van der Waals surface area contributed by atoms with Crippen molar-refractivity contribution in [1.82, 2.24) is 24.6 Å². The van der Waals surface area contributed by atoms with Crippen molar-refractivity contribution < 1.29 is 0 Å². The Labute approximate surface area is 134 Å². The molecule has 118 valence electrons. The van der Waals surface area contributed by atoms with Crippen LogP contribution in [-0.2, 0) is 26.1 Å². The fourth-order valence-electron chi connectivity index (χ4n) is 2.97. The van der Waals surface area contributed by atoms with Crippen molar-refractivity contribution in [2.45, 2.75) is 46.3 Å². The first-order valence-electron chi connectivity index (χ1n) is 7.66. The topological polar surface area (TPSA) is 69.7 Å². The molecule has 0 aliphatic carbocycles. The molecule has 0 saturated heterocycles. The highest BCUT2D eigenvalue weighted by Gasteiger charge is 2.20. The number of nitrogens with one attached hydrogen (secondary N) is 2. The summed E-state index contributed by atoms with van der Waals surface area (Å²) < 4.78 is 2.46. The molecule has 0 atom stereocenters. The van der Waals surface area contributed by atoms with E-state index in [0.29, 0.717) is 11.3 Å². The second-order valence-corrected chi connectivity index (χ2v) is 6.21. The molecule has 0 amide bonds. The van der Waals surface area contributed by atoms with Crippen LogP contribution in [0.4, 0.5) is 0 Å². The smallest absolute Gasteiger partial charge is 0.256 e. The lowest BCUT2D eigenvalue weighted by atomic mass is 10.1. The molecule has 22 heavy (non-hydrogen) atoms. The van der Waals surface area contributed by atoms with Gasteiger partial charge in [0, 0.05) is 49.6 Å². The van der Waals surface area contributed by atoms with Crippen molar-refractivity contribution >= 4 is 12.2 Å². The molecule has 2 N–H and O–H groups in total. The first kappa shape index (κ1) is 15.2. The number of H-pyrrole nitrogens is 2. The zero-order chi connectivity index (χ0) is 15.7. The van der Waals surface area contributed by atoms with Crippen molar-refractivity contribution in [2.24, 2.45) is 0 Å². The number of hydrogen-bond acceptors (Lipinski definition) is 4. The highest BCUT2D eigenvalue weighted by Crippen LogP contribution is 2.17. The van der Waals surface area contributed by atoms with Gasteiger partial charge in [-0.25, -0.2) is 0 Å². The molecule has 2 aromatic heterocycles. The Kier molecular flexibility index (Phi) is 4.26. The summed E-state index contributed by atoms with van der Waals surface area (Å²) in [6, 6.07) is 0. The summed E-state index contributed by atoms with van der Waals surface area (Å²) >= 11 is 5.03. The van der Waals surface area contributed by atoms with Gasteiger partial charge in [0.05, 0.1) is 11.8 Å². The molecule has 1 aliphatic heterocycles. The third-order valence-electron chi connectivity index (χ3n) is 4.22. The van der Waals surface area contributed by atoms with E-state index in [1.165, 1.54) is 11.3 Å². The number of nitrogens with zero attached hydrogens (tertiary/aromatic N) is 3. The van der Waals surface area contributed by atoms with Gasteiger partial charge in [-0.3, -0.25) is 19.4 Å². The number of hydrogen-bond donors (Lipinski definition) is 2. The van der Waals surface area contributed by atoms with Crippen LogP contribution >= 0.6 is 12.2 Å². The van der Waals surface area contributed by atoms with Crippen LogP contribution in [0.25, 0.3) is 0 Å². The standard InChI is InChI=1S/C15H21N5OS/c1-3-5-20-10(2)11(7-16-20)8-19-6-4-13-12(9-19)14(21)18-15(22)17-13/h7H,3-6,8-9H2,1-2H3,(H2,17,18,21,22). The van der Waals surface area contributed by atoms with Gasteiger partial charge in [-0.15, -0.1) is 0 Å². The average molecular weight is 319 g/mol. The highest BCUT2D eigenvalue weighted by molar-refractivity contribution is 7.71. The maximum Gasteiger partial charge on any atom is 0.256 e. The van der Waals surface area contributed by atoms with E-state index in [1.807, 2.05) is 6.20 Å². The third kappa shape index (κ3) is 2.91. The van der Waals surface area contributed by atoms with Crippen molar-refractivity contribution in [3.05, 3.63) is 43.8 Å². The Hall–Kier alpha value is -1.73. The Morgan fingerprint density at radius 3 is 3.00 bits per heavy atom. The van der Waals surface area contributed by atoms with E-state index in [9.17, 15) is 4.79 Å². The Balaban J connectivity index is 1.78. The molecule has 7 heteroatoms. The third-order valence-corrected chi connectivity index (χ3v) is 4.43. The molecule has 0 fully saturated rings. The zero-order valence-corrected chi connectivity index (χ0v) is 13.8. The van der Waals surface area contributed by atoms with E-state index in [2.05, 4.69) is 38.5 Å². The summed E-state index contributed by atoms with van der Waals surface area (Å²) in [6.45, 7) is 7.60. The predicted molar refractivity (Wildman–Crippen MR) is 87.3 cm³/mol. The van der Waals surface area contributed by atoms with Crippen LogP contribution in [0.1, 0.15) is 35.9 Å². The first-order chi connectivity index (χ1) is 10.6. The Bertz CT molecular complexity index is 788. The van der Waals surface area contributed by atoms with Crippen molar-refractivity contribution in [3.8, 4) is 0 Å². The molecule has 6 nitrogen and oxygen atoms in total. The summed E-state index contributed by atoms with van der Waals surface area (Å²) in [7, 11) is 0. The fourth-order valence-corrected chi connectivity index (χ4v) is 3.18. The minimum absolute atomic E-state index is 0.0677. The largest absolute Gasteiger partial charge is 0.335 e. The van der Waals surface area contributed by atoms with Gasteiger partial charge in [-0.1, -0.05) is 6.92 Å². The van der Waals surface area contributed by atoms with Gasteiger partial charge >= 0.3 is 0 Å². The summed E-state index contributed by atoms with van der Waals surface area (Å²) in [5.74, 6) is 0. The molecule has 3 heterocycles. The normalized spacial score (nSPS) is 15.0. The molecule has 1 aliphatic rings. The van der Waals surface area contributed by atoms with Crippen LogP contribution in [-0.4, -0.2) is 31.2 Å². The second kappa shape index (κ2) is 6.18. The minimum Gasteiger partial charge on any atom is -0.335 e. The van der Waals surface area contributed by atoms with E-state index in [1.54, 1.807) is 0 Å². The molecule has 0 aromatic carbocycles. The average Bonchev–Trinajstić information content (AvgIpc) is 2.81. The first-order valence-corrected chi connectivity index (χ1v) is 8.07. The summed E-state index contributed by atoms with van der Waals surface area (Å²) in [6.07, 6.45) is 3.85. The van der Waals surface area contributed by atoms with Crippen LogP contribution in [0.5, 0.6) is 0 Å². The number of aromatic amines is 2. The summed E-state index contributed by atoms with van der Waals surface area (Å²) in [4.78, 5) is 20.1. The summed E-state index contributed by atoms with van der Waals surface area (Å²) in [5, 5.41) is 4.45. The number of aromatic nitrogens is 4. The summed E-state index contributed by atoms with van der Waals surface area (Å²) in [5.41, 5.74) is 4.16. The molecule has 2 aromatic rings. The molecule has 0 unspecified atom stereocenters. The van der Waals surface area contributed by atoms with Crippen LogP contribution < -0.4 is 5.56 Å². The van der Waals surface area contributed by atoms with Crippen LogP contribution in [0.2, 0.25) is 0 Å². The SMILES string of the molecule is CCCn1ncc(CN2CCc3[nH]c(=S)[nH]c(=O)c3C2)c1C. The lowest BCUT2D eigenvalue weighted by Gasteiger charge is -2.27. The predicted octanol–water partition coefficient (Wildman–Crippen LogP) is 1.91. The maximum absolute atomic E-state index is 12.1. The molecule has 0 bridgehead atoms. The second-order valence-electron chi connectivity index (χ2n) is 5.80. The van der Waals surface area contributed by atoms with E-state index >= 15 is 0 Å². The molecule has 0 saturated carbocycles. The lowest BCUT2D eigenvalue weighted by molar-refractivity contribution is 0.241. The van der Waals surface area contributed by atoms with Gasteiger partial charge in [0.15, 0.2) is 4.77 Å². The van der Waals surface area contributed by atoms with E-state index in [0.717, 1.165) is 43.7 Å². The van der Waals surface area contributed by atoms with Crippen LogP contribution in [0, 0.1) is 11.7 Å². The van der Waals surface area contributed by atoms with Crippen molar-refractivity contribution in [1.29, 1.82) is 0 Å². The molecule has 0 spiro atoms. The highest BCUT2D eigenvalue weighted by atomic mass is 32.1. The number of fused-ring (bicyclic) bond motifs is 1. The quantitative estimate of drug-likeness (QED) is 0.845. The molecular formula is C15H21N5OS. The van der Waals surface area contributed by atoms with Gasteiger partial charge in [0.2, 0.25) is 0 Å². The zero-order valence-electron chi connectivity index (χ0n) is 13.0. The van der Waals surface area contributed by atoms with Gasteiger partial charge in [-0.05, 0) is 25.6 Å². The Morgan fingerprint density at radius 1 is 1.41 bits per heavy atom. The maximum atomic E-state index is 12.1. The van der Waals surface area contributed by atoms with Crippen molar-refractivity contribution in [2.75, 3.05) is 6.54 Å². The van der Waals surface area contributed by atoms with E-state index in [-0.39, 0.29) is 5.56 Å². The van der Waals surface area contributed by atoms with Crippen LogP contribution in [0.3, 0.4) is 0 Å². The Morgan fingerprint density at radius 2 is 2.23 bits per heavy atom. The van der Waals surface area contributed by atoms with Gasteiger partial charge < -0.3 is 4.98 Å². The monoisotopic (exact) mass is 319 g/mol. The number of aryl methyl sites for hydroxylation is 1. The minimum atomic E-state index is -0.0677. The van der Waals surface area contributed by atoms with Crippen LogP contribution in [0.15, 0.2) is 11.0 Å². The number of rotatable bonds is 4. The molecule has 3 rings (SSSR count). The van der Waals surface area contributed by atoms with Gasteiger partial charge in [0.1, 0.15) is 0 Å². The fraction of sp³-hybridized carbons (Fsp3) is 0.533. The molecular weight excluding hydrogens is 298 g/mol. The molecule has 0 radical (unpaired) electrons. The van der Waals surface area contributed by atoms with E-state index in [4.69, 9.17) is 12.2 Å². The lowest BCUT2D eigenvalue weighted by Crippen LogP contribution is -2.35. The van der Waals surface area contributed by atoms with Crippen molar-refractivity contribution in [3.63, 3.8) is 0 Å².